The highest BCUT2D eigenvalue weighted by atomic mass is 32.1. The van der Waals surface area contributed by atoms with Gasteiger partial charge in [0, 0.05) is 36.8 Å². The molecule has 2 N–H and O–H groups in total. The molecule has 0 saturated carbocycles. The van der Waals surface area contributed by atoms with Crippen LogP contribution in [0.1, 0.15) is 33.8 Å². The summed E-state index contributed by atoms with van der Waals surface area (Å²) in [6, 6.07) is 4.13. The van der Waals surface area contributed by atoms with Crippen LogP contribution in [0.4, 0.5) is 0 Å². The second-order valence-electron chi connectivity index (χ2n) is 6.27. The van der Waals surface area contributed by atoms with Crippen molar-refractivity contribution in [2.45, 2.75) is 40.7 Å². The first-order chi connectivity index (χ1) is 12.6. The van der Waals surface area contributed by atoms with Crippen LogP contribution in [-0.2, 0) is 13.0 Å². The van der Waals surface area contributed by atoms with E-state index in [1.807, 2.05) is 26.1 Å². The minimum atomic E-state index is 0.653. The topological polar surface area (TPSA) is 66.6 Å². The Labute approximate surface area is 158 Å². The molecule has 0 atom stereocenters. The first-order valence-electron chi connectivity index (χ1n) is 8.95. The molecule has 0 radical (unpaired) electrons. The summed E-state index contributed by atoms with van der Waals surface area (Å²) < 4.78 is 2.08. The van der Waals surface area contributed by atoms with E-state index in [1.165, 1.54) is 10.4 Å². The summed E-state index contributed by atoms with van der Waals surface area (Å²) in [5.74, 6) is 0.831. The van der Waals surface area contributed by atoms with E-state index < -0.39 is 0 Å². The van der Waals surface area contributed by atoms with Gasteiger partial charge in [-0.05, 0) is 39.3 Å². The van der Waals surface area contributed by atoms with E-state index in [1.54, 1.807) is 11.3 Å². The van der Waals surface area contributed by atoms with Crippen LogP contribution < -0.4 is 10.6 Å². The number of hydrogen-bond donors (Lipinski definition) is 2. The Morgan fingerprint density at radius 3 is 2.77 bits per heavy atom. The lowest BCUT2D eigenvalue weighted by Gasteiger charge is -2.10. The molecule has 0 aliphatic carbocycles. The van der Waals surface area contributed by atoms with Gasteiger partial charge in [-0.25, -0.2) is 15.0 Å². The van der Waals surface area contributed by atoms with Crippen molar-refractivity contribution < 1.29 is 0 Å². The largest absolute Gasteiger partial charge is 0.357 e. The Bertz CT molecular complexity index is 908. The number of nitrogens with zero attached hydrogens (tertiary/aromatic N) is 4. The molecule has 3 rings (SSSR count). The Morgan fingerprint density at radius 2 is 2.08 bits per heavy atom. The monoisotopic (exact) mass is 370 g/mol. The van der Waals surface area contributed by atoms with Crippen molar-refractivity contribution in [1.29, 1.82) is 0 Å². The van der Waals surface area contributed by atoms with Crippen LogP contribution >= 0.6 is 11.3 Å². The van der Waals surface area contributed by atoms with E-state index in [0.717, 1.165) is 47.5 Å². The summed E-state index contributed by atoms with van der Waals surface area (Å²) in [7, 11) is 0. The number of guanidine groups is 1. The van der Waals surface area contributed by atoms with Crippen LogP contribution in [0.5, 0.6) is 0 Å². The molecule has 3 aromatic heterocycles. The SMILES string of the molecule is CCNC(=NCc1sc(C)nc1C)NCCc1cn2cccc(C)c2n1. The normalized spacial score (nSPS) is 11.9. The number of aliphatic imine (C=N–C) groups is 1. The van der Waals surface area contributed by atoms with E-state index >= 15 is 0 Å². The molecule has 0 aromatic carbocycles. The van der Waals surface area contributed by atoms with Gasteiger partial charge in [0.1, 0.15) is 5.65 Å². The van der Waals surface area contributed by atoms with Crippen molar-refractivity contribution in [2.75, 3.05) is 13.1 Å². The van der Waals surface area contributed by atoms with Crippen LogP contribution in [0, 0.1) is 20.8 Å². The van der Waals surface area contributed by atoms with Crippen LogP contribution in [0.2, 0.25) is 0 Å². The van der Waals surface area contributed by atoms with Gasteiger partial charge >= 0.3 is 0 Å². The standard InChI is InChI=1S/C19H26N6S/c1-5-20-19(22-11-17-14(3)23-15(4)26-17)21-9-8-16-12-25-10-6-7-13(2)18(25)24-16/h6-7,10,12H,5,8-9,11H2,1-4H3,(H2,20,21,22). The molecule has 3 aromatic rings. The number of hydrogen-bond acceptors (Lipinski definition) is 4. The molecule has 0 amide bonds. The summed E-state index contributed by atoms with van der Waals surface area (Å²) in [5.41, 5.74) is 4.37. The van der Waals surface area contributed by atoms with Gasteiger partial charge in [-0.1, -0.05) is 6.07 Å². The maximum Gasteiger partial charge on any atom is 0.191 e. The van der Waals surface area contributed by atoms with Crippen LogP contribution in [0.3, 0.4) is 0 Å². The molecule has 0 bridgehead atoms. The van der Waals surface area contributed by atoms with Crippen LogP contribution in [0.15, 0.2) is 29.5 Å². The number of imidazole rings is 1. The molecule has 0 aliphatic rings. The molecule has 0 saturated heterocycles. The van der Waals surface area contributed by atoms with Crippen LogP contribution in [-0.4, -0.2) is 33.4 Å². The van der Waals surface area contributed by atoms with E-state index in [4.69, 9.17) is 4.98 Å². The fraction of sp³-hybridized carbons (Fsp3) is 0.421. The average Bonchev–Trinajstić information content (AvgIpc) is 3.16. The quantitative estimate of drug-likeness (QED) is 0.517. The number of aromatic nitrogens is 3. The zero-order valence-corrected chi connectivity index (χ0v) is 16.7. The fourth-order valence-electron chi connectivity index (χ4n) is 2.85. The van der Waals surface area contributed by atoms with E-state index in [-0.39, 0.29) is 0 Å². The lowest BCUT2D eigenvalue weighted by atomic mass is 10.3. The summed E-state index contributed by atoms with van der Waals surface area (Å²) in [6.07, 6.45) is 4.99. The van der Waals surface area contributed by atoms with E-state index in [2.05, 4.69) is 51.1 Å². The minimum absolute atomic E-state index is 0.653. The van der Waals surface area contributed by atoms with Crippen molar-refractivity contribution >= 4 is 22.9 Å². The molecular formula is C19H26N6S. The molecular weight excluding hydrogens is 344 g/mol. The number of nitrogens with one attached hydrogen (secondary N) is 2. The number of rotatable bonds is 6. The van der Waals surface area contributed by atoms with Gasteiger partial charge in [0.15, 0.2) is 5.96 Å². The molecule has 26 heavy (non-hydrogen) atoms. The van der Waals surface area contributed by atoms with Crippen molar-refractivity contribution in [2.24, 2.45) is 4.99 Å². The van der Waals surface area contributed by atoms with Crippen molar-refractivity contribution in [3.63, 3.8) is 0 Å². The number of fused-ring (bicyclic) bond motifs is 1. The Kier molecular flexibility index (Phi) is 5.88. The third-order valence-electron chi connectivity index (χ3n) is 4.13. The predicted octanol–water partition coefficient (Wildman–Crippen LogP) is 3.01. The second kappa shape index (κ2) is 8.31. The first kappa shape index (κ1) is 18.4. The molecule has 0 aliphatic heterocycles. The molecule has 6 nitrogen and oxygen atoms in total. The number of thiazole rings is 1. The van der Waals surface area contributed by atoms with Crippen molar-refractivity contribution in [1.82, 2.24) is 25.0 Å². The third kappa shape index (κ3) is 4.40. The van der Waals surface area contributed by atoms with Gasteiger partial charge in [0.2, 0.25) is 0 Å². The average molecular weight is 371 g/mol. The van der Waals surface area contributed by atoms with Gasteiger partial charge in [0.05, 0.1) is 22.9 Å². The summed E-state index contributed by atoms with van der Waals surface area (Å²) in [4.78, 5) is 15.1. The van der Waals surface area contributed by atoms with Gasteiger partial charge in [-0.15, -0.1) is 11.3 Å². The molecule has 0 spiro atoms. The summed E-state index contributed by atoms with van der Waals surface area (Å²) >= 11 is 1.71. The van der Waals surface area contributed by atoms with Crippen LogP contribution in [0.25, 0.3) is 5.65 Å². The molecule has 0 fully saturated rings. The van der Waals surface area contributed by atoms with Gasteiger partial charge in [-0.2, -0.15) is 0 Å². The zero-order chi connectivity index (χ0) is 18.5. The second-order valence-corrected chi connectivity index (χ2v) is 7.56. The highest BCUT2D eigenvalue weighted by Crippen LogP contribution is 2.17. The van der Waals surface area contributed by atoms with Gasteiger partial charge in [0.25, 0.3) is 0 Å². The van der Waals surface area contributed by atoms with Crippen molar-refractivity contribution in [3.8, 4) is 0 Å². The van der Waals surface area contributed by atoms with Gasteiger partial charge in [-0.3, -0.25) is 0 Å². The van der Waals surface area contributed by atoms with E-state index in [0.29, 0.717) is 6.54 Å². The lowest BCUT2D eigenvalue weighted by molar-refractivity contribution is 0.792. The first-order valence-corrected chi connectivity index (χ1v) is 9.76. The maximum absolute atomic E-state index is 4.72. The predicted molar refractivity (Wildman–Crippen MR) is 108 cm³/mol. The Balaban J connectivity index is 1.60. The number of pyridine rings is 1. The van der Waals surface area contributed by atoms with Gasteiger partial charge < -0.3 is 15.0 Å². The third-order valence-corrected chi connectivity index (χ3v) is 5.18. The Hall–Kier alpha value is -2.41. The Morgan fingerprint density at radius 1 is 1.23 bits per heavy atom. The lowest BCUT2D eigenvalue weighted by Crippen LogP contribution is -2.38. The maximum atomic E-state index is 4.72. The highest BCUT2D eigenvalue weighted by molar-refractivity contribution is 7.11. The molecule has 0 unspecified atom stereocenters. The fourth-order valence-corrected chi connectivity index (χ4v) is 3.71. The van der Waals surface area contributed by atoms with E-state index in [9.17, 15) is 0 Å². The summed E-state index contributed by atoms with van der Waals surface area (Å²) in [6.45, 7) is 10.5. The number of aryl methyl sites for hydroxylation is 3. The molecule has 138 valence electrons. The minimum Gasteiger partial charge on any atom is -0.357 e. The highest BCUT2D eigenvalue weighted by Gasteiger charge is 2.06. The molecule has 3 heterocycles. The van der Waals surface area contributed by atoms with Crippen molar-refractivity contribution in [3.05, 3.63) is 51.4 Å². The smallest absolute Gasteiger partial charge is 0.191 e. The summed E-state index contributed by atoms with van der Waals surface area (Å²) in [5, 5.41) is 7.79. The molecule has 7 heteroatoms. The zero-order valence-electron chi connectivity index (χ0n) is 15.8.